The van der Waals surface area contributed by atoms with Crippen LogP contribution < -0.4 is 14.8 Å². The fourth-order valence-electron chi connectivity index (χ4n) is 1.47. The minimum atomic E-state index is -0.0431. The Balaban J connectivity index is 2.52. The van der Waals surface area contributed by atoms with E-state index >= 15 is 0 Å². The summed E-state index contributed by atoms with van der Waals surface area (Å²) in [6.45, 7) is 0.386. The van der Waals surface area contributed by atoms with Gasteiger partial charge in [-0.05, 0) is 24.1 Å². The lowest BCUT2D eigenvalue weighted by atomic mass is 10.2. The molecular weight excluding hydrogens is 234 g/mol. The first-order chi connectivity index (χ1) is 8.71. The van der Waals surface area contributed by atoms with E-state index in [9.17, 15) is 4.79 Å². The molecule has 5 heteroatoms. The highest BCUT2D eigenvalue weighted by molar-refractivity contribution is 5.75. The fraction of sp³-hybridized carbons (Fsp3) is 0.462. The summed E-state index contributed by atoms with van der Waals surface area (Å²) in [7, 11) is 3.17. The second-order valence-electron chi connectivity index (χ2n) is 3.77. The van der Waals surface area contributed by atoms with Gasteiger partial charge in [0, 0.05) is 13.5 Å². The summed E-state index contributed by atoms with van der Waals surface area (Å²) in [5, 5.41) is 11.6. The van der Waals surface area contributed by atoms with E-state index in [1.165, 1.54) is 0 Å². The van der Waals surface area contributed by atoms with Crippen LogP contribution in [-0.4, -0.2) is 31.8 Å². The third-order valence-corrected chi connectivity index (χ3v) is 2.50. The van der Waals surface area contributed by atoms with Crippen LogP contribution in [0.4, 0.5) is 0 Å². The first-order valence-electron chi connectivity index (χ1n) is 5.82. The van der Waals surface area contributed by atoms with Gasteiger partial charge in [0.1, 0.15) is 0 Å². The van der Waals surface area contributed by atoms with Crippen LogP contribution in [0, 0.1) is 0 Å². The summed E-state index contributed by atoms with van der Waals surface area (Å²) in [4.78, 5) is 11.0. The van der Waals surface area contributed by atoms with Gasteiger partial charge in [-0.2, -0.15) is 0 Å². The number of aliphatic hydroxyl groups excluding tert-OH is 1. The van der Waals surface area contributed by atoms with Crippen LogP contribution in [0.2, 0.25) is 0 Å². The summed E-state index contributed by atoms with van der Waals surface area (Å²) in [5.41, 5.74) is 0.761. The van der Waals surface area contributed by atoms with Gasteiger partial charge in [0.25, 0.3) is 0 Å². The van der Waals surface area contributed by atoms with Crippen molar-refractivity contribution in [3.63, 3.8) is 0 Å². The van der Waals surface area contributed by atoms with E-state index in [2.05, 4.69) is 5.32 Å². The Labute approximate surface area is 107 Å². The number of carbonyl (C=O) groups excluding carboxylic acids is 1. The monoisotopic (exact) mass is 253 g/mol. The number of ether oxygens (including phenoxy) is 2. The van der Waals surface area contributed by atoms with Crippen LogP contribution in [0.5, 0.6) is 11.5 Å². The van der Waals surface area contributed by atoms with Gasteiger partial charge in [0.05, 0.1) is 20.3 Å². The molecule has 1 aromatic carbocycles. The quantitative estimate of drug-likeness (QED) is 0.714. The molecule has 0 aliphatic heterocycles. The average molecular weight is 253 g/mol. The van der Waals surface area contributed by atoms with E-state index in [4.69, 9.17) is 14.6 Å². The van der Waals surface area contributed by atoms with E-state index < -0.39 is 0 Å². The molecule has 0 aliphatic carbocycles. The fourth-order valence-corrected chi connectivity index (χ4v) is 1.47. The Kier molecular flexibility index (Phi) is 6.00. The molecule has 1 amide bonds. The predicted molar refractivity (Wildman–Crippen MR) is 67.7 cm³/mol. The van der Waals surface area contributed by atoms with E-state index in [-0.39, 0.29) is 12.5 Å². The smallest absolute Gasteiger partial charge is 0.219 e. The van der Waals surface area contributed by atoms with Crippen molar-refractivity contribution in [1.29, 1.82) is 0 Å². The van der Waals surface area contributed by atoms with Crippen molar-refractivity contribution in [3.05, 3.63) is 23.8 Å². The molecule has 0 heterocycles. The number of aliphatic hydroxyl groups is 1. The lowest BCUT2D eigenvalue weighted by Crippen LogP contribution is -2.18. The Morgan fingerprint density at radius 3 is 2.78 bits per heavy atom. The topological polar surface area (TPSA) is 67.8 Å². The number of amides is 1. The summed E-state index contributed by atoms with van der Waals surface area (Å²) in [6.07, 6.45) is 1.06. The zero-order valence-electron chi connectivity index (χ0n) is 10.7. The molecule has 0 radical (unpaired) electrons. The second-order valence-corrected chi connectivity index (χ2v) is 3.77. The van der Waals surface area contributed by atoms with Crippen molar-refractivity contribution in [2.45, 2.75) is 19.4 Å². The Morgan fingerprint density at radius 2 is 2.17 bits per heavy atom. The van der Waals surface area contributed by atoms with Crippen molar-refractivity contribution < 1.29 is 19.4 Å². The lowest BCUT2D eigenvalue weighted by molar-refractivity contribution is -0.120. The minimum Gasteiger partial charge on any atom is -0.493 e. The highest BCUT2D eigenvalue weighted by Crippen LogP contribution is 2.28. The van der Waals surface area contributed by atoms with Crippen molar-refractivity contribution >= 4 is 5.91 Å². The maximum absolute atomic E-state index is 11.0. The van der Waals surface area contributed by atoms with Gasteiger partial charge >= 0.3 is 0 Å². The van der Waals surface area contributed by atoms with E-state index in [0.29, 0.717) is 30.9 Å². The number of nitrogens with one attached hydrogen (secondary N) is 1. The molecule has 0 fully saturated rings. The zero-order chi connectivity index (χ0) is 13.4. The van der Waals surface area contributed by atoms with E-state index in [1.807, 2.05) is 0 Å². The number of rotatable bonds is 7. The number of methoxy groups -OCH3 is 1. The van der Waals surface area contributed by atoms with Gasteiger partial charge in [-0.3, -0.25) is 4.79 Å². The second kappa shape index (κ2) is 7.55. The molecule has 0 unspecified atom stereocenters. The van der Waals surface area contributed by atoms with Gasteiger partial charge in [0.2, 0.25) is 5.91 Å². The molecule has 0 aliphatic rings. The lowest BCUT2D eigenvalue weighted by Gasteiger charge is -2.11. The van der Waals surface area contributed by atoms with Gasteiger partial charge in [0.15, 0.2) is 11.5 Å². The van der Waals surface area contributed by atoms with Gasteiger partial charge in [-0.1, -0.05) is 6.07 Å². The average Bonchev–Trinajstić information content (AvgIpc) is 2.42. The molecule has 2 N–H and O–H groups in total. The summed E-state index contributed by atoms with van der Waals surface area (Å²) in [6, 6.07) is 5.26. The highest BCUT2D eigenvalue weighted by atomic mass is 16.5. The predicted octanol–water partition coefficient (Wildman–Crippen LogP) is 1.09. The van der Waals surface area contributed by atoms with Crippen LogP contribution in [0.1, 0.15) is 18.4 Å². The van der Waals surface area contributed by atoms with Crippen LogP contribution in [0.3, 0.4) is 0 Å². The maximum atomic E-state index is 11.0. The van der Waals surface area contributed by atoms with Crippen molar-refractivity contribution in [2.24, 2.45) is 0 Å². The zero-order valence-corrected chi connectivity index (χ0v) is 10.7. The van der Waals surface area contributed by atoms with Gasteiger partial charge < -0.3 is 19.9 Å². The molecule has 0 spiro atoms. The van der Waals surface area contributed by atoms with E-state index in [0.717, 1.165) is 5.56 Å². The SMILES string of the molecule is CNC(=O)CCCOc1cc(CO)ccc1OC. The number of hydrogen-bond acceptors (Lipinski definition) is 4. The molecule has 18 heavy (non-hydrogen) atoms. The Hall–Kier alpha value is -1.75. The molecule has 100 valence electrons. The summed E-state index contributed by atoms with van der Waals surface area (Å²) < 4.78 is 10.7. The first-order valence-corrected chi connectivity index (χ1v) is 5.82. The van der Waals surface area contributed by atoms with E-state index in [1.54, 1.807) is 32.4 Å². The molecule has 5 nitrogen and oxygen atoms in total. The largest absolute Gasteiger partial charge is 0.493 e. The van der Waals surface area contributed by atoms with Gasteiger partial charge in [-0.25, -0.2) is 0 Å². The molecule has 0 saturated heterocycles. The highest BCUT2D eigenvalue weighted by Gasteiger charge is 2.06. The van der Waals surface area contributed by atoms with Crippen LogP contribution in [-0.2, 0) is 11.4 Å². The van der Waals surface area contributed by atoms with Crippen molar-refractivity contribution in [1.82, 2.24) is 5.32 Å². The summed E-state index contributed by atoms with van der Waals surface area (Å²) in [5.74, 6) is 1.20. The number of hydrogen-bond donors (Lipinski definition) is 2. The molecule has 1 rings (SSSR count). The standard InChI is InChI=1S/C13H19NO4/c1-14-13(16)4-3-7-18-12-8-10(9-15)5-6-11(12)17-2/h5-6,8,15H,3-4,7,9H2,1-2H3,(H,14,16). The van der Waals surface area contributed by atoms with Gasteiger partial charge in [-0.15, -0.1) is 0 Å². The van der Waals surface area contributed by atoms with Crippen LogP contribution in [0.25, 0.3) is 0 Å². The van der Waals surface area contributed by atoms with Crippen molar-refractivity contribution in [2.75, 3.05) is 20.8 Å². The molecule has 0 saturated carbocycles. The molecule has 0 aromatic heterocycles. The first kappa shape index (κ1) is 14.3. The third kappa shape index (κ3) is 4.25. The molecule has 0 bridgehead atoms. The van der Waals surface area contributed by atoms with Crippen LogP contribution >= 0.6 is 0 Å². The Morgan fingerprint density at radius 1 is 1.39 bits per heavy atom. The normalized spacial score (nSPS) is 9.94. The van der Waals surface area contributed by atoms with Crippen LogP contribution in [0.15, 0.2) is 18.2 Å². The maximum Gasteiger partial charge on any atom is 0.219 e. The third-order valence-electron chi connectivity index (χ3n) is 2.50. The molecule has 1 aromatic rings. The minimum absolute atomic E-state index is 0.00493. The summed E-state index contributed by atoms with van der Waals surface area (Å²) >= 11 is 0. The van der Waals surface area contributed by atoms with Crippen molar-refractivity contribution in [3.8, 4) is 11.5 Å². The molecular formula is C13H19NO4. The number of carbonyl (C=O) groups is 1. The number of benzene rings is 1. The molecule has 0 atom stereocenters. The Bertz CT molecular complexity index is 393.